The number of quaternary nitrogens is 1. The molecule has 0 radical (unpaired) electrons. The number of fused-ring (bicyclic) bond motifs is 1. The Morgan fingerprint density at radius 3 is 2.38 bits per heavy atom. The van der Waals surface area contributed by atoms with Crippen molar-refractivity contribution < 1.29 is 14.0 Å². The fraction of sp³-hybridized carbons (Fsp3) is 0.364. The van der Waals surface area contributed by atoms with E-state index in [0.29, 0.717) is 6.04 Å². The van der Waals surface area contributed by atoms with Crippen molar-refractivity contribution in [1.29, 1.82) is 0 Å². The highest BCUT2D eigenvalue weighted by Crippen LogP contribution is 2.29. The molecule has 3 aromatic carbocycles. The number of aryl methyl sites for hydroxylation is 1. The van der Waals surface area contributed by atoms with Crippen LogP contribution in [0.3, 0.4) is 0 Å². The lowest BCUT2D eigenvalue weighted by atomic mass is 9.92. The first-order valence-corrected chi connectivity index (χ1v) is 13.5. The van der Waals surface area contributed by atoms with Gasteiger partial charge in [-0.15, -0.1) is 0 Å². The van der Waals surface area contributed by atoms with Crippen LogP contribution in [0.4, 0.5) is 5.69 Å². The van der Waals surface area contributed by atoms with Crippen molar-refractivity contribution in [3.8, 4) is 11.1 Å². The first-order valence-electron chi connectivity index (χ1n) is 13.5. The molecule has 1 atom stereocenters. The van der Waals surface area contributed by atoms with Crippen LogP contribution in [0.2, 0.25) is 0 Å². The fourth-order valence-electron chi connectivity index (χ4n) is 5.70. The summed E-state index contributed by atoms with van der Waals surface area (Å²) < 4.78 is 6.52. The number of amides is 1. The number of carbonyl (C=O) groups excluding carboxylic acids is 1. The Bertz CT molecular complexity index is 1250. The van der Waals surface area contributed by atoms with Crippen molar-refractivity contribution in [2.24, 2.45) is 5.92 Å². The first-order chi connectivity index (χ1) is 17.9. The molecule has 37 heavy (non-hydrogen) atoms. The van der Waals surface area contributed by atoms with Gasteiger partial charge in [0.15, 0.2) is 0 Å². The molecule has 1 N–H and O–H groups in total. The van der Waals surface area contributed by atoms with Crippen molar-refractivity contribution in [1.82, 2.24) is 0 Å². The largest absolute Gasteiger partial charge is 0.381 e. The Balaban J connectivity index is 1.23. The predicted molar refractivity (Wildman–Crippen MR) is 152 cm³/mol. The molecule has 1 fully saturated rings. The smallest absolute Gasteiger partial charge is 0.228 e. The number of anilines is 1. The number of ether oxygens (including phenoxy) is 1. The molecule has 1 heterocycles. The van der Waals surface area contributed by atoms with E-state index in [0.717, 1.165) is 55.6 Å². The van der Waals surface area contributed by atoms with Gasteiger partial charge in [-0.1, -0.05) is 72.3 Å². The molecule has 4 nitrogen and oxygen atoms in total. The maximum absolute atomic E-state index is 13.3. The van der Waals surface area contributed by atoms with E-state index in [1.165, 1.54) is 33.4 Å². The van der Waals surface area contributed by atoms with Crippen LogP contribution < -0.4 is 5.32 Å². The minimum absolute atomic E-state index is 0.0873. The van der Waals surface area contributed by atoms with E-state index in [1.54, 1.807) is 0 Å². The average Bonchev–Trinajstić information content (AvgIpc) is 3.13. The molecule has 1 aliphatic heterocycles. The van der Waals surface area contributed by atoms with E-state index < -0.39 is 0 Å². The third-order valence-corrected chi connectivity index (χ3v) is 8.07. The van der Waals surface area contributed by atoms with Crippen LogP contribution in [0.15, 0.2) is 72.8 Å². The highest BCUT2D eigenvalue weighted by Gasteiger charge is 2.30. The lowest BCUT2D eigenvalue weighted by molar-refractivity contribution is -0.929. The number of hydrogen-bond acceptors (Lipinski definition) is 2. The van der Waals surface area contributed by atoms with Gasteiger partial charge in [-0.2, -0.15) is 0 Å². The summed E-state index contributed by atoms with van der Waals surface area (Å²) in [5.74, 6) is -0.00105. The van der Waals surface area contributed by atoms with Gasteiger partial charge in [0, 0.05) is 30.0 Å². The molecule has 5 rings (SSSR count). The van der Waals surface area contributed by atoms with E-state index in [9.17, 15) is 4.79 Å². The van der Waals surface area contributed by atoms with Gasteiger partial charge < -0.3 is 14.5 Å². The SMILES string of the molecule is Cc1ccc(-c2ccc3c(c2)CC(C(=O)Nc2ccc(C[N+](C)(C)C4CCOCC4)cc2)CC=C3)cc1. The molecule has 1 saturated heterocycles. The second kappa shape index (κ2) is 11.0. The maximum atomic E-state index is 13.3. The monoisotopic (exact) mass is 495 g/mol. The van der Waals surface area contributed by atoms with Crippen LogP contribution in [0.5, 0.6) is 0 Å². The molecular weight excluding hydrogens is 456 g/mol. The fourth-order valence-corrected chi connectivity index (χ4v) is 5.70. The normalized spacial score (nSPS) is 18.2. The third kappa shape index (κ3) is 6.20. The molecule has 0 spiro atoms. The van der Waals surface area contributed by atoms with Gasteiger partial charge in [0.05, 0.1) is 33.4 Å². The van der Waals surface area contributed by atoms with Crippen LogP contribution in [0, 0.1) is 12.8 Å². The Labute approximate surface area is 221 Å². The molecule has 1 amide bonds. The zero-order chi connectivity index (χ0) is 25.8. The zero-order valence-corrected chi connectivity index (χ0v) is 22.4. The van der Waals surface area contributed by atoms with Gasteiger partial charge in [-0.05, 0) is 54.2 Å². The highest BCUT2D eigenvalue weighted by molar-refractivity contribution is 5.93. The Morgan fingerprint density at radius 2 is 1.65 bits per heavy atom. The molecule has 3 aromatic rings. The maximum Gasteiger partial charge on any atom is 0.228 e. The quantitative estimate of drug-likeness (QED) is 0.390. The third-order valence-electron chi connectivity index (χ3n) is 8.07. The number of allylic oxidation sites excluding steroid dienone is 1. The average molecular weight is 496 g/mol. The molecule has 1 aliphatic carbocycles. The van der Waals surface area contributed by atoms with Gasteiger partial charge in [0.2, 0.25) is 5.91 Å². The van der Waals surface area contributed by atoms with E-state index in [4.69, 9.17) is 4.74 Å². The van der Waals surface area contributed by atoms with Crippen molar-refractivity contribution >= 4 is 17.7 Å². The van der Waals surface area contributed by atoms with Crippen molar-refractivity contribution in [3.63, 3.8) is 0 Å². The molecule has 4 heteroatoms. The standard InChI is InChI=1S/C33H38N2O2/c1-24-7-11-27(12-8-24)28-14-13-26-5-4-6-29(22-30(26)21-28)33(36)34-31-15-9-25(10-16-31)23-35(2,3)32-17-19-37-20-18-32/h4-5,7-16,21,29,32H,6,17-20,22-23H2,1-3H3/p+1. The van der Waals surface area contributed by atoms with Crippen LogP contribution >= 0.6 is 0 Å². The molecular formula is C33H39N2O2+. The summed E-state index contributed by atoms with van der Waals surface area (Å²) in [6.45, 7) is 4.82. The van der Waals surface area contributed by atoms with Crippen molar-refractivity contribution in [2.75, 3.05) is 32.6 Å². The summed E-state index contributed by atoms with van der Waals surface area (Å²) in [7, 11) is 4.63. The number of benzene rings is 3. The second-order valence-electron chi connectivity index (χ2n) is 11.3. The molecule has 0 saturated carbocycles. The lowest BCUT2D eigenvalue weighted by Gasteiger charge is -2.40. The summed E-state index contributed by atoms with van der Waals surface area (Å²) >= 11 is 0. The Kier molecular flexibility index (Phi) is 7.59. The lowest BCUT2D eigenvalue weighted by Crippen LogP contribution is -2.50. The van der Waals surface area contributed by atoms with Gasteiger partial charge >= 0.3 is 0 Å². The summed E-state index contributed by atoms with van der Waals surface area (Å²) in [6.07, 6.45) is 8.02. The summed E-state index contributed by atoms with van der Waals surface area (Å²) in [6, 6.07) is 24.3. The minimum atomic E-state index is -0.0884. The topological polar surface area (TPSA) is 38.3 Å². The second-order valence-corrected chi connectivity index (χ2v) is 11.3. The van der Waals surface area contributed by atoms with Crippen LogP contribution in [0.1, 0.15) is 41.5 Å². The van der Waals surface area contributed by atoms with Gasteiger partial charge in [-0.3, -0.25) is 4.79 Å². The van der Waals surface area contributed by atoms with E-state index in [1.807, 2.05) is 12.1 Å². The van der Waals surface area contributed by atoms with Crippen LogP contribution in [-0.2, 0) is 22.5 Å². The summed E-state index contributed by atoms with van der Waals surface area (Å²) in [4.78, 5) is 13.3. The number of carbonyl (C=O) groups is 1. The first kappa shape index (κ1) is 25.4. The van der Waals surface area contributed by atoms with E-state index in [2.05, 4.69) is 93.1 Å². The molecule has 0 aromatic heterocycles. The van der Waals surface area contributed by atoms with Gasteiger partial charge in [0.25, 0.3) is 0 Å². The summed E-state index contributed by atoms with van der Waals surface area (Å²) in [5, 5.41) is 3.18. The minimum Gasteiger partial charge on any atom is -0.381 e. The zero-order valence-electron chi connectivity index (χ0n) is 22.4. The number of nitrogens with one attached hydrogen (secondary N) is 1. The van der Waals surface area contributed by atoms with Gasteiger partial charge in [0.1, 0.15) is 6.54 Å². The van der Waals surface area contributed by atoms with E-state index in [-0.39, 0.29) is 11.8 Å². The molecule has 1 unspecified atom stereocenters. The summed E-state index contributed by atoms with van der Waals surface area (Å²) in [5.41, 5.74) is 8.27. The Hall–Kier alpha value is -3.21. The van der Waals surface area contributed by atoms with Crippen molar-refractivity contribution in [3.05, 3.63) is 95.1 Å². The number of rotatable bonds is 6. The predicted octanol–water partition coefficient (Wildman–Crippen LogP) is 6.63. The van der Waals surface area contributed by atoms with Crippen molar-refractivity contribution in [2.45, 2.75) is 45.2 Å². The molecule has 2 aliphatic rings. The Morgan fingerprint density at radius 1 is 0.946 bits per heavy atom. The van der Waals surface area contributed by atoms with E-state index >= 15 is 0 Å². The highest BCUT2D eigenvalue weighted by atomic mass is 16.5. The number of hydrogen-bond donors (Lipinski definition) is 1. The molecule has 192 valence electrons. The van der Waals surface area contributed by atoms with Crippen LogP contribution in [0.25, 0.3) is 17.2 Å². The van der Waals surface area contributed by atoms with Gasteiger partial charge in [-0.25, -0.2) is 0 Å². The van der Waals surface area contributed by atoms with Crippen LogP contribution in [-0.4, -0.2) is 43.7 Å². The molecule has 0 bridgehead atoms. The number of nitrogens with zero attached hydrogens (tertiary/aromatic N) is 1.